The number of cyclic esters (lactones) is 1. The van der Waals surface area contributed by atoms with Crippen LogP contribution >= 0.6 is 0 Å². The lowest BCUT2D eigenvalue weighted by Gasteiger charge is -2.08. The Morgan fingerprint density at radius 3 is 2.38 bits per heavy atom. The molecule has 0 aliphatic carbocycles. The van der Waals surface area contributed by atoms with Crippen LogP contribution < -0.4 is 14.2 Å². The van der Waals surface area contributed by atoms with Crippen LogP contribution in [0.15, 0.2) is 47.1 Å². The van der Waals surface area contributed by atoms with Gasteiger partial charge >= 0.3 is 5.97 Å². The topological polar surface area (TPSA) is 109 Å². The number of aliphatic imine (C=N–C) groups is 1. The molecular weight excluding hydrogens is 380 g/mol. The second-order valence-corrected chi connectivity index (χ2v) is 5.82. The van der Waals surface area contributed by atoms with Crippen molar-refractivity contribution in [1.29, 1.82) is 0 Å². The van der Waals surface area contributed by atoms with Crippen LogP contribution in [0.4, 0.5) is 5.69 Å². The van der Waals surface area contributed by atoms with E-state index in [0.29, 0.717) is 17.9 Å². The number of hydrogen-bond acceptors (Lipinski definition) is 8. The number of benzene rings is 2. The number of rotatable bonds is 7. The molecule has 0 N–H and O–H groups in total. The third-order valence-electron chi connectivity index (χ3n) is 4.05. The van der Waals surface area contributed by atoms with Gasteiger partial charge in [0.2, 0.25) is 5.90 Å². The highest BCUT2D eigenvalue weighted by Gasteiger charge is 2.26. The minimum Gasteiger partial charge on any atom is -0.494 e. The van der Waals surface area contributed by atoms with Crippen molar-refractivity contribution in [3.05, 3.63) is 63.3 Å². The summed E-state index contributed by atoms with van der Waals surface area (Å²) in [5.41, 5.74) is 0.389. The van der Waals surface area contributed by atoms with Crippen molar-refractivity contribution >= 4 is 23.6 Å². The van der Waals surface area contributed by atoms with Crippen molar-refractivity contribution < 1.29 is 28.7 Å². The van der Waals surface area contributed by atoms with Gasteiger partial charge in [0.15, 0.2) is 17.2 Å². The van der Waals surface area contributed by atoms with Gasteiger partial charge in [0, 0.05) is 5.56 Å². The second-order valence-electron chi connectivity index (χ2n) is 5.82. The van der Waals surface area contributed by atoms with Gasteiger partial charge in [-0.05, 0) is 43.3 Å². The number of nitro benzene ring substituents is 1. The maximum absolute atomic E-state index is 12.2. The van der Waals surface area contributed by atoms with E-state index in [4.69, 9.17) is 18.9 Å². The van der Waals surface area contributed by atoms with Gasteiger partial charge in [-0.1, -0.05) is 0 Å². The molecule has 0 atom stereocenters. The second kappa shape index (κ2) is 8.42. The van der Waals surface area contributed by atoms with Crippen LogP contribution in [0.5, 0.6) is 17.2 Å². The lowest BCUT2D eigenvalue weighted by atomic mass is 10.1. The molecule has 3 rings (SSSR count). The molecule has 0 bridgehead atoms. The van der Waals surface area contributed by atoms with E-state index in [2.05, 4.69) is 4.99 Å². The van der Waals surface area contributed by atoms with E-state index < -0.39 is 10.9 Å². The fourth-order valence-corrected chi connectivity index (χ4v) is 2.70. The van der Waals surface area contributed by atoms with Crippen molar-refractivity contribution in [3.63, 3.8) is 0 Å². The molecule has 0 aromatic heterocycles. The first-order valence-corrected chi connectivity index (χ1v) is 8.63. The highest BCUT2D eigenvalue weighted by atomic mass is 16.6. The summed E-state index contributed by atoms with van der Waals surface area (Å²) in [7, 11) is 2.79. The molecule has 0 spiro atoms. The molecule has 0 amide bonds. The average Bonchev–Trinajstić information content (AvgIpc) is 3.08. The smallest absolute Gasteiger partial charge is 0.363 e. The van der Waals surface area contributed by atoms with Gasteiger partial charge in [0.1, 0.15) is 5.75 Å². The molecule has 0 radical (unpaired) electrons. The first-order valence-electron chi connectivity index (χ1n) is 8.63. The standard InChI is InChI=1S/C20H18N2O7/c1-4-28-14-7-5-12(6-8-14)19-21-15(20(23)29-19)9-13-10-17(26-2)18(27-3)11-16(13)22(24)25/h5-11H,4H2,1-3H3/b15-9+. The Hall–Kier alpha value is -3.88. The fourth-order valence-electron chi connectivity index (χ4n) is 2.70. The molecule has 1 aliphatic heterocycles. The third kappa shape index (κ3) is 4.18. The zero-order chi connectivity index (χ0) is 21.0. The van der Waals surface area contributed by atoms with E-state index >= 15 is 0 Å². The van der Waals surface area contributed by atoms with Gasteiger partial charge < -0.3 is 18.9 Å². The Balaban J connectivity index is 1.99. The molecule has 1 aliphatic rings. The Bertz CT molecular complexity index is 1010. The van der Waals surface area contributed by atoms with Crippen molar-refractivity contribution in [3.8, 4) is 17.2 Å². The summed E-state index contributed by atoms with van der Waals surface area (Å²) in [4.78, 5) is 27.3. The molecule has 0 saturated heterocycles. The molecule has 150 valence electrons. The Kier molecular flexibility index (Phi) is 5.77. The summed E-state index contributed by atoms with van der Waals surface area (Å²) < 4.78 is 20.9. The van der Waals surface area contributed by atoms with Crippen molar-refractivity contribution in [2.24, 2.45) is 4.99 Å². The van der Waals surface area contributed by atoms with E-state index in [1.54, 1.807) is 24.3 Å². The lowest BCUT2D eigenvalue weighted by Crippen LogP contribution is -2.05. The van der Waals surface area contributed by atoms with Crippen molar-refractivity contribution in [2.45, 2.75) is 6.92 Å². The molecular formula is C20H18N2O7. The number of nitro groups is 1. The van der Waals surface area contributed by atoms with E-state index in [1.165, 1.54) is 32.4 Å². The van der Waals surface area contributed by atoms with E-state index in [9.17, 15) is 14.9 Å². The Morgan fingerprint density at radius 2 is 1.79 bits per heavy atom. The quantitative estimate of drug-likeness (QED) is 0.304. The maximum atomic E-state index is 12.2. The largest absolute Gasteiger partial charge is 0.494 e. The van der Waals surface area contributed by atoms with Crippen molar-refractivity contribution in [1.82, 2.24) is 0 Å². The Morgan fingerprint density at radius 1 is 1.14 bits per heavy atom. The van der Waals surface area contributed by atoms with Crippen molar-refractivity contribution in [2.75, 3.05) is 20.8 Å². The highest BCUT2D eigenvalue weighted by Crippen LogP contribution is 2.36. The molecule has 2 aromatic rings. The number of ether oxygens (including phenoxy) is 4. The zero-order valence-corrected chi connectivity index (χ0v) is 16.0. The first-order chi connectivity index (χ1) is 14.0. The summed E-state index contributed by atoms with van der Waals surface area (Å²) in [6.45, 7) is 2.41. The Labute approximate surface area is 166 Å². The summed E-state index contributed by atoms with van der Waals surface area (Å²) in [5.74, 6) is 0.559. The van der Waals surface area contributed by atoms with E-state index in [0.717, 1.165) is 0 Å². The van der Waals surface area contributed by atoms with E-state index in [1.807, 2.05) is 6.92 Å². The lowest BCUT2D eigenvalue weighted by molar-refractivity contribution is -0.385. The van der Waals surface area contributed by atoms with Crippen LogP contribution in [0.2, 0.25) is 0 Å². The van der Waals surface area contributed by atoms with Crippen LogP contribution in [0.3, 0.4) is 0 Å². The summed E-state index contributed by atoms with van der Waals surface area (Å²) >= 11 is 0. The number of esters is 1. The number of carbonyl (C=O) groups is 1. The summed E-state index contributed by atoms with van der Waals surface area (Å²) in [5, 5.41) is 11.4. The molecule has 9 nitrogen and oxygen atoms in total. The molecule has 29 heavy (non-hydrogen) atoms. The number of carbonyl (C=O) groups excluding carboxylic acids is 1. The van der Waals surface area contributed by atoms with Gasteiger partial charge in [-0.25, -0.2) is 9.79 Å². The molecule has 0 fully saturated rings. The molecule has 2 aromatic carbocycles. The van der Waals surface area contributed by atoms with Crippen LogP contribution in [0, 0.1) is 10.1 Å². The first kappa shape index (κ1) is 19.9. The minimum atomic E-state index is -0.710. The number of hydrogen-bond donors (Lipinski definition) is 0. The monoisotopic (exact) mass is 398 g/mol. The van der Waals surface area contributed by atoms with Gasteiger partial charge in [-0.2, -0.15) is 0 Å². The van der Waals surface area contributed by atoms with Gasteiger partial charge in [-0.15, -0.1) is 0 Å². The third-order valence-corrected chi connectivity index (χ3v) is 4.05. The van der Waals surface area contributed by atoms with E-state index in [-0.39, 0.29) is 34.3 Å². The predicted molar refractivity (Wildman–Crippen MR) is 104 cm³/mol. The minimum absolute atomic E-state index is 0.0656. The SMILES string of the molecule is CCOc1ccc(C2=N/C(=C/c3cc(OC)c(OC)cc3[N+](=O)[O-])C(=O)O2)cc1. The fraction of sp³-hybridized carbons (Fsp3) is 0.200. The average molecular weight is 398 g/mol. The highest BCUT2D eigenvalue weighted by molar-refractivity contribution is 6.13. The van der Waals surface area contributed by atoms with Gasteiger partial charge in [0.05, 0.1) is 37.4 Å². The molecule has 0 saturated carbocycles. The predicted octanol–water partition coefficient (Wildman–Crippen LogP) is 3.36. The summed E-state index contributed by atoms with van der Waals surface area (Å²) in [6.07, 6.45) is 1.28. The summed E-state index contributed by atoms with van der Waals surface area (Å²) in [6, 6.07) is 9.51. The maximum Gasteiger partial charge on any atom is 0.363 e. The number of methoxy groups -OCH3 is 2. The van der Waals surface area contributed by atoms with Crippen LogP contribution in [-0.2, 0) is 9.53 Å². The van der Waals surface area contributed by atoms with Crippen LogP contribution in [0.25, 0.3) is 6.08 Å². The van der Waals surface area contributed by atoms with Gasteiger partial charge in [0.25, 0.3) is 5.69 Å². The molecule has 9 heteroatoms. The number of nitrogens with zero attached hydrogens (tertiary/aromatic N) is 2. The molecule has 1 heterocycles. The zero-order valence-electron chi connectivity index (χ0n) is 16.0. The normalized spacial score (nSPS) is 14.4. The van der Waals surface area contributed by atoms with Crippen LogP contribution in [-0.4, -0.2) is 37.6 Å². The molecule has 0 unspecified atom stereocenters. The van der Waals surface area contributed by atoms with Gasteiger partial charge in [-0.3, -0.25) is 10.1 Å². The van der Waals surface area contributed by atoms with Crippen LogP contribution in [0.1, 0.15) is 18.1 Å².